The predicted molar refractivity (Wildman–Crippen MR) is 189 cm³/mol. The zero-order valence-electron chi connectivity index (χ0n) is 29.1. The lowest BCUT2D eigenvalue weighted by atomic mass is 9.94. The number of carbonyl (C=O) groups excluding carboxylic acids is 1. The number of phosphoric acid groups is 1. The molecule has 266 valence electrons. The van der Waals surface area contributed by atoms with Crippen molar-refractivity contribution in [1.82, 2.24) is 0 Å². The van der Waals surface area contributed by atoms with Crippen LogP contribution in [0.1, 0.15) is 56.4 Å². The molecule has 0 bridgehead atoms. The van der Waals surface area contributed by atoms with Crippen LogP contribution in [0.2, 0.25) is 0 Å². The quantitative estimate of drug-likeness (QED) is 0.0838. The number of ether oxygens (including phenoxy) is 4. The van der Waals surface area contributed by atoms with E-state index in [0.29, 0.717) is 6.42 Å². The summed E-state index contributed by atoms with van der Waals surface area (Å²) in [6.45, 7) is 7.56. The lowest BCUT2D eigenvalue weighted by Crippen LogP contribution is -2.61. The summed E-state index contributed by atoms with van der Waals surface area (Å²) in [5.74, 6) is -0.519. The highest BCUT2D eigenvalue weighted by Crippen LogP contribution is 2.54. The van der Waals surface area contributed by atoms with Gasteiger partial charge in [0.25, 0.3) is 0 Å². The van der Waals surface area contributed by atoms with Gasteiger partial charge in [0, 0.05) is 0 Å². The van der Waals surface area contributed by atoms with Crippen LogP contribution < -0.4 is 0 Å². The summed E-state index contributed by atoms with van der Waals surface area (Å²) in [6.07, 6.45) is -4.26. The maximum Gasteiger partial charge on any atom is 0.477 e. The summed E-state index contributed by atoms with van der Waals surface area (Å²) < 4.78 is 58.5. The molecule has 10 heteroatoms. The molecule has 0 radical (unpaired) electrons. The van der Waals surface area contributed by atoms with Gasteiger partial charge in [0.1, 0.15) is 12.2 Å². The van der Waals surface area contributed by atoms with E-state index in [0.717, 1.165) is 22.3 Å². The average molecular weight is 703 g/mol. The second kappa shape index (κ2) is 18.0. The molecular formula is C40H47O9P. The second-order valence-electron chi connectivity index (χ2n) is 13.2. The van der Waals surface area contributed by atoms with E-state index in [9.17, 15) is 9.36 Å². The molecule has 0 saturated carbocycles. The van der Waals surface area contributed by atoms with Crippen molar-refractivity contribution in [3.05, 3.63) is 144 Å². The van der Waals surface area contributed by atoms with E-state index in [1.54, 1.807) is 20.8 Å². The molecule has 4 aromatic rings. The van der Waals surface area contributed by atoms with Crippen molar-refractivity contribution in [3.8, 4) is 0 Å². The Kier molecular flexibility index (Phi) is 13.5. The van der Waals surface area contributed by atoms with Crippen molar-refractivity contribution in [3.63, 3.8) is 0 Å². The molecule has 3 unspecified atom stereocenters. The molecular weight excluding hydrogens is 655 g/mol. The highest BCUT2D eigenvalue weighted by molar-refractivity contribution is 7.48. The van der Waals surface area contributed by atoms with Crippen LogP contribution in [0.4, 0.5) is 0 Å². The minimum atomic E-state index is -4.38. The van der Waals surface area contributed by atoms with E-state index in [-0.39, 0.29) is 26.4 Å². The highest BCUT2D eigenvalue weighted by atomic mass is 31.2. The fourth-order valence-electron chi connectivity index (χ4n) is 5.32. The van der Waals surface area contributed by atoms with Crippen molar-refractivity contribution >= 4 is 13.8 Å². The molecule has 1 saturated heterocycles. The molecule has 0 aromatic heterocycles. The van der Waals surface area contributed by atoms with Crippen LogP contribution >= 0.6 is 7.82 Å². The first-order valence-electron chi connectivity index (χ1n) is 17.0. The third-order valence-corrected chi connectivity index (χ3v) is 9.47. The van der Waals surface area contributed by atoms with Crippen LogP contribution in [0.15, 0.2) is 121 Å². The monoisotopic (exact) mass is 702 g/mol. The Hall–Kier alpha value is -3.66. The van der Waals surface area contributed by atoms with Gasteiger partial charge in [0.15, 0.2) is 6.10 Å². The summed E-state index contributed by atoms with van der Waals surface area (Å²) in [5, 5.41) is 0. The number of esters is 1. The molecule has 0 N–H and O–H groups in total. The normalized spacial score (nSPS) is 21.1. The minimum Gasteiger partial charge on any atom is -0.454 e. The van der Waals surface area contributed by atoms with Gasteiger partial charge < -0.3 is 18.9 Å². The van der Waals surface area contributed by atoms with Crippen LogP contribution in [0.5, 0.6) is 0 Å². The maximum absolute atomic E-state index is 14.6. The van der Waals surface area contributed by atoms with Gasteiger partial charge in [-0.1, -0.05) is 128 Å². The number of hydrogen-bond acceptors (Lipinski definition) is 9. The van der Waals surface area contributed by atoms with E-state index in [1.165, 1.54) is 0 Å². The zero-order valence-corrected chi connectivity index (χ0v) is 30.0. The minimum absolute atomic E-state index is 0.0555. The van der Waals surface area contributed by atoms with Crippen LogP contribution in [-0.4, -0.2) is 36.7 Å². The number of rotatable bonds is 16. The smallest absolute Gasteiger partial charge is 0.454 e. The Morgan fingerprint density at radius 1 is 0.620 bits per heavy atom. The standard InChI is InChI=1S/C40H47O9P/c1-5-34-35(43-26-30-18-10-6-11-19-30)36(44-27-31-20-12-7-13-21-31)37(48-39(41)40(2,3)4)38(47-34)49-50(42,45-28-32-22-14-8-15-23-32)46-29-33-24-16-9-17-25-33/h6-25,34-38H,5,26-29H2,1-4H3/t34?,35-,36?,37+,38?/m0/s1. The van der Waals surface area contributed by atoms with Crippen molar-refractivity contribution in [2.24, 2.45) is 5.41 Å². The molecule has 50 heavy (non-hydrogen) atoms. The van der Waals surface area contributed by atoms with Gasteiger partial charge in [-0.15, -0.1) is 0 Å². The third kappa shape index (κ3) is 10.9. The maximum atomic E-state index is 14.6. The van der Waals surface area contributed by atoms with Gasteiger partial charge in [-0.25, -0.2) is 4.57 Å². The Balaban J connectivity index is 1.49. The first-order valence-corrected chi connectivity index (χ1v) is 18.4. The van der Waals surface area contributed by atoms with Gasteiger partial charge in [0.2, 0.25) is 6.29 Å². The van der Waals surface area contributed by atoms with Gasteiger partial charge >= 0.3 is 13.8 Å². The summed E-state index contributed by atoms with van der Waals surface area (Å²) in [7, 11) is -4.38. The molecule has 1 aliphatic heterocycles. The van der Waals surface area contributed by atoms with Gasteiger partial charge in [-0.2, -0.15) is 0 Å². The summed E-state index contributed by atoms with van der Waals surface area (Å²) in [6, 6.07) is 38.0. The van der Waals surface area contributed by atoms with E-state index >= 15 is 0 Å². The van der Waals surface area contributed by atoms with Crippen molar-refractivity contribution in [2.45, 2.75) is 91.2 Å². The fraction of sp³-hybridized carbons (Fsp3) is 0.375. The molecule has 5 rings (SSSR count). The lowest BCUT2D eigenvalue weighted by Gasteiger charge is -2.46. The first kappa shape index (κ1) is 37.6. The molecule has 1 heterocycles. The van der Waals surface area contributed by atoms with Gasteiger partial charge in [-0.05, 0) is 49.4 Å². The molecule has 0 aliphatic carbocycles. The van der Waals surface area contributed by atoms with Crippen LogP contribution in [0.25, 0.3) is 0 Å². The Bertz CT molecular complexity index is 1580. The Morgan fingerprint density at radius 2 is 1.02 bits per heavy atom. The number of benzene rings is 4. The Labute approximate surface area is 295 Å². The predicted octanol–water partition coefficient (Wildman–Crippen LogP) is 8.81. The summed E-state index contributed by atoms with van der Waals surface area (Å²) in [5.41, 5.74) is 2.53. The van der Waals surface area contributed by atoms with E-state index in [4.69, 9.17) is 32.5 Å². The molecule has 0 amide bonds. The lowest BCUT2D eigenvalue weighted by molar-refractivity contribution is -0.301. The second-order valence-corrected chi connectivity index (χ2v) is 14.8. The number of phosphoric ester groups is 1. The van der Waals surface area contributed by atoms with E-state index in [2.05, 4.69) is 0 Å². The Morgan fingerprint density at radius 3 is 1.42 bits per heavy atom. The molecule has 5 atom stereocenters. The van der Waals surface area contributed by atoms with E-state index in [1.807, 2.05) is 128 Å². The van der Waals surface area contributed by atoms with Crippen LogP contribution in [0.3, 0.4) is 0 Å². The SMILES string of the molecule is CCC1OC(OP(=O)(OCc2ccccc2)OCc2ccccc2)[C@H](OC(=O)C(C)(C)C)C(OCc2ccccc2)[C@H]1OCc1ccccc1. The zero-order chi connectivity index (χ0) is 35.4. The molecule has 4 aromatic carbocycles. The largest absolute Gasteiger partial charge is 0.477 e. The van der Waals surface area contributed by atoms with Gasteiger partial charge in [0.05, 0.1) is 37.9 Å². The average Bonchev–Trinajstić information content (AvgIpc) is 3.14. The summed E-state index contributed by atoms with van der Waals surface area (Å²) in [4.78, 5) is 13.6. The fourth-order valence-corrected chi connectivity index (χ4v) is 6.56. The molecule has 9 nitrogen and oxygen atoms in total. The number of hydrogen-bond donors (Lipinski definition) is 0. The van der Waals surface area contributed by atoms with Crippen LogP contribution in [0, 0.1) is 5.41 Å². The summed E-state index contributed by atoms with van der Waals surface area (Å²) >= 11 is 0. The van der Waals surface area contributed by atoms with E-state index < -0.39 is 49.9 Å². The first-order chi connectivity index (χ1) is 24.1. The highest BCUT2D eigenvalue weighted by Gasteiger charge is 2.53. The van der Waals surface area contributed by atoms with Crippen molar-refractivity contribution < 1.29 is 41.9 Å². The third-order valence-electron chi connectivity index (χ3n) is 8.12. The molecule has 0 spiro atoms. The molecule has 1 fully saturated rings. The van der Waals surface area contributed by atoms with Crippen molar-refractivity contribution in [1.29, 1.82) is 0 Å². The van der Waals surface area contributed by atoms with Crippen LogP contribution in [-0.2, 0) is 68.3 Å². The topological polar surface area (TPSA) is 98.8 Å². The van der Waals surface area contributed by atoms with Crippen molar-refractivity contribution in [2.75, 3.05) is 0 Å². The molecule has 1 aliphatic rings. The number of carbonyl (C=O) groups is 1. The van der Waals surface area contributed by atoms with Gasteiger partial charge in [-0.3, -0.25) is 18.4 Å².